The summed E-state index contributed by atoms with van der Waals surface area (Å²) in [6, 6.07) is 43.6. The second kappa shape index (κ2) is 9.67. The molecular formula is C46H32N2O2. The van der Waals surface area contributed by atoms with Crippen LogP contribution in [-0.2, 0) is 0 Å². The van der Waals surface area contributed by atoms with Crippen molar-refractivity contribution in [3.8, 4) is 11.4 Å². The standard InChI is InChI=1S/C46H32N2O2/c1-25-21-23-33-39-27(3)44-40(28(4)43(39)49-45(33)41(25)47-35-17-9-5-13-29(35)30-14-6-10-18-36(30)47)34-24-22-26(2)42(46(34)50-44)48-37-19-11-7-15-31(37)32-16-8-12-20-38(32)48/h5-24H,1-4H3. The Morgan fingerprint density at radius 1 is 0.340 bits per heavy atom. The fraction of sp³-hybridized carbons (Fsp3) is 0.0870. The summed E-state index contributed by atoms with van der Waals surface area (Å²) in [5.74, 6) is 0. The van der Waals surface area contributed by atoms with Gasteiger partial charge < -0.3 is 18.0 Å². The number of para-hydroxylation sites is 4. The van der Waals surface area contributed by atoms with Gasteiger partial charge in [0.1, 0.15) is 11.2 Å². The summed E-state index contributed by atoms with van der Waals surface area (Å²) in [5.41, 5.74) is 15.0. The molecule has 4 nitrogen and oxygen atoms in total. The number of hydrogen-bond donors (Lipinski definition) is 0. The van der Waals surface area contributed by atoms with Crippen molar-refractivity contribution < 1.29 is 8.83 Å². The highest BCUT2D eigenvalue weighted by Gasteiger charge is 2.26. The van der Waals surface area contributed by atoms with E-state index in [0.717, 1.165) is 66.4 Å². The Labute approximate surface area is 287 Å². The van der Waals surface area contributed by atoms with Gasteiger partial charge in [-0.2, -0.15) is 0 Å². The molecule has 4 aromatic heterocycles. The molecule has 0 spiro atoms. The third-order valence-corrected chi connectivity index (χ3v) is 11.1. The minimum Gasteiger partial charge on any atom is -0.454 e. The van der Waals surface area contributed by atoms with E-state index in [1.165, 1.54) is 54.7 Å². The molecule has 238 valence electrons. The lowest BCUT2D eigenvalue weighted by molar-refractivity contribution is 0.657. The van der Waals surface area contributed by atoms with Gasteiger partial charge in [0, 0.05) is 54.2 Å². The summed E-state index contributed by atoms with van der Waals surface area (Å²) in [7, 11) is 0. The first kappa shape index (κ1) is 27.7. The number of benzene rings is 7. The summed E-state index contributed by atoms with van der Waals surface area (Å²) in [6.07, 6.45) is 0. The normalized spacial score (nSPS) is 12.4. The fourth-order valence-corrected chi connectivity index (χ4v) is 8.87. The second-order valence-electron chi connectivity index (χ2n) is 13.8. The molecule has 0 aliphatic heterocycles. The monoisotopic (exact) mass is 644 g/mol. The van der Waals surface area contributed by atoms with Gasteiger partial charge in [0.15, 0.2) is 11.2 Å². The highest BCUT2D eigenvalue weighted by molar-refractivity contribution is 6.22. The molecule has 0 N–H and O–H groups in total. The highest BCUT2D eigenvalue weighted by atomic mass is 16.3. The van der Waals surface area contributed by atoms with Gasteiger partial charge in [0.25, 0.3) is 0 Å². The van der Waals surface area contributed by atoms with Crippen LogP contribution in [-0.4, -0.2) is 9.13 Å². The number of aryl methyl sites for hydroxylation is 4. The quantitative estimate of drug-likeness (QED) is 0.188. The molecule has 11 rings (SSSR count). The van der Waals surface area contributed by atoms with E-state index in [2.05, 4.69) is 158 Å². The van der Waals surface area contributed by atoms with E-state index >= 15 is 0 Å². The van der Waals surface area contributed by atoms with Gasteiger partial charge >= 0.3 is 0 Å². The SMILES string of the molecule is Cc1ccc2c(oc3c(C)c4c(oc5c(-n6c7ccccc7c7ccccc76)c(C)ccc54)c(C)c32)c1-n1c2ccccc2c2ccccc21. The number of hydrogen-bond acceptors (Lipinski definition) is 2. The van der Waals surface area contributed by atoms with Crippen molar-refractivity contribution in [3.63, 3.8) is 0 Å². The average molecular weight is 645 g/mol. The van der Waals surface area contributed by atoms with Crippen LogP contribution in [0.2, 0.25) is 0 Å². The molecule has 7 aromatic carbocycles. The number of nitrogens with zero attached hydrogens (tertiary/aromatic N) is 2. The third-order valence-electron chi connectivity index (χ3n) is 11.1. The van der Waals surface area contributed by atoms with E-state index in [-0.39, 0.29) is 0 Å². The Bertz CT molecular complexity index is 2930. The van der Waals surface area contributed by atoms with Crippen molar-refractivity contribution in [3.05, 3.63) is 144 Å². The van der Waals surface area contributed by atoms with Crippen LogP contribution >= 0.6 is 0 Å². The number of furan rings is 2. The fourth-order valence-electron chi connectivity index (χ4n) is 8.87. The van der Waals surface area contributed by atoms with Gasteiger partial charge in [-0.1, -0.05) is 97.1 Å². The zero-order valence-corrected chi connectivity index (χ0v) is 28.3. The first-order valence-corrected chi connectivity index (χ1v) is 17.3. The molecule has 0 aliphatic carbocycles. The van der Waals surface area contributed by atoms with Crippen LogP contribution in [0.4, 0.5) is 0 Å². The van der Waals surface area contributed by atoms with Gasteiger partial charge in [-0.05, 0) is 63.1 Å². The van der Waals surface area contributed by atoms with Crippen molar-refractivity contribution in [2.24, 2.45) is 0 Å². The Balaban J connectivity index is 1.25. The molecule has 0 saturated heterocycles. The predicted octanol–water partition coefficient (Wildman–Crippen LogP) is 12.9. The van der Waals surface area contributed by atoms with Gasteiger partial charge in [-0.3, -0.25) is 0 Å². The largest absolute Gasteiger partial charge is 0.454 e. The zero-order chi connectivity index (χ0) is 33.4. The number of fused-ring (bicyclic) bond motifs is 12. The molecule has 0 fully saturated rings. The van der Waals surface area contributed by atoms with Crippen LogP contribution in [0.3, 0.4) is 0 Å². The van der Waals surface area contributed by atoms with Gasteiger partial charge in [0.05, 0.1) is 33.4 Å². The van der Waals surface area contributed by atoms with E-state index in [0.29, 0.717) is 0 Å². The van der Waals surface area contributed by atoms with Crippen molar-refractivity contribution in [1.29, 1.82) is 0 Å². The summed E-state index contributed by atoms with van der Waals surface area (Å²) in [4.78, 5) is 0. The van der Waals surface area contributed by atoms with Gasteiger partial charge in [0.2, 0.25) is 0 Å². The Hall–Kier alpha value is -6.26. The van der Waals surface area contributed by atoms with Gasteiger partial charge in [-0.25, -0.2) is 0 Å². The van der Waals surface area contributed by atoms with Crippen molar-refractivity contribution in [2.45, 2.75) is 27.7 Å². The molecule has 0 unspecified atom stereocenters. The number of rotatable bonds is 2. The van der Waals surface area contributed by atoms with Crippen LogP contribution in [0, 0.1) is 27.7 Å². The van der Waals surface area contributed by atoms with Crippen LogP contribution < -0.4 is 0 Å². The van der Waals surface area contributed by atoms with Crippen LogP contribution in [0.5, 0.6) is 0 Å². The summed E-state index contributed by atoms with van der Waals surface area (Å²) in [6.45, 7) is 8.75. The minimum absolute atomic E-state index is 0.900. The Morgan fingerprint density at radius 2 is 0.660 bits per heavy atom. The average Bonchev–Trinajstić information content (AvgIpc) is 3.90. The lowest BCUT2D eigenvalue weighted by Crippen LogP contribution is -1.97. The summed E-state index contributed by atoms with van der Waals surface area (Å²) < 4.78 is 19.0. The molecule has 4 heterocycles. The topological polar surface area (TPSA) is 36.1 Å². The summed E-state index contributed by atoms with van der Waals surface area (Å²) >= 11 is 0. The molecule has 0 atom stereocenters. The van der Waals surface area contributed by atoms with E-state index < -0.39 is 0 Å². The first-order valence-electron chi connectivity index (χ1n) is 17.3. The zero-order valence-electron chi connectivity index (χ0n) is 28.3. The maximum absolute atomic E-state index is 7.10. The van der Waals surface area contributed by atoms with E-state index in [1.54, 1.807) is 0 Å². The highest BCUT2D eigenvalue weighted by Crippen LogP contribution is 2.47. The number of aromatic nitrogens is 2. The van der Waals surface area contributed by atoms with E-state index in [4.69, 9.17) is 8.83 Å². The van der Waals surface area contributed by atoms with Gasteiger partial charge in [-0.15, -0.1) is 0 Å². The Kier molecular flexibility index (Phi) is 5.35. The second-order valence-corrected chi connectivity index (χ2v) is 13.8. The first-order chi connectivity index (χ1) is 24.5. The van der Waals surface area contributed by atoms with Crippen molar-refractivity contribution in [2.75, 3.05) is 0 Å². The molecule has 11 aromatic rings. The van der Waals surface area contributed by atoms with Crippen LogP contribution in [0.25, 0.3) is 98.9 Å². The maximum atomic E-state index is 7.10. The predicted molar refractivity (Wildman–Crippen MR) is 209 cm³/mol. The molecule has 0 bridgehead atoms. The summed E-state index contributed by atoms with van der Waals surface area (Å²) in [5, 5.41) is 9.38. The molecule has 50 heavy (non-hydrogen) atoms. The lowest BCUT2D eigenvalue weighted by atomic mass is 9.97. The van der Waals surface area contributed by atoms with Crippen LogP contribution in [0.15, 0.2) is 130 Å². The smallest absolute Gasteiger partial charge is 0.159 e. The van der Waals surface area contributed by atoms with Crippen molar-refractivity contribution >= 4 is 87.5 Å². The van der Waals surface area contributed by atoms with E-state index in [1.807, 2.05) is 0 Å². The minimum atomic E-state index is 0.900. The van der Waals surface area contributed by atoms with Crippen molar-refractivity contribution in [1.82, 2.24) is 9.13 Å². The molecular weight excluding hydrogens is 613 g/mol. The lowest BCUT2D eigenvalue weighted by Gasteiger charge is -2.12. The molecule has 0 saturated carbocycles. The third kappa shape index (κ3) is 3.35. The maximum Gasteiger partial charge on any atom is 0.159 e. The van der Waals surface area contributed by atoms with Crippen LogP contribution in [0.1, 0.15) is 22.3 Å². The molecule has 4 heteroatoms. The van der Waals surface area contributed by atoms with E-state index in [9.17, 15) is 0 Å². The Morgan fingerprint density at radius 3 is 1.00 bits per heavy atom. The molecule has 0 amide bonds. The molecule has 0 aliphatic rings. The molecule has 0 radical (unpaired) electrons.